The van der Waals surface area contributed by atoms with Crippen molar-refractivity contribution in [1.82, 2.24) is 10.2 Å². The summed E-state index contributed by atoms with van der Waals surface area (Å²) in [6.07, 6.45) is 0. The minimum absolute atomic E-state index is 0. The molecule has 2 aliphatic rings. The lowest BCUT2D eigenvalue weighted by Gasteiger charge is -2.16. The van der Waals surface area contributed by atoms with Gasteiger partial charge in [0.2, 0.25) is 0 Å². The SMILES string of the molecule is Cl.O=C(Nc1ccccc1)Nc1ccc(C(=O)N2C[C@H]3CNC[C@H]3C2)s1. The molecule has 3 amide bonds. The van der Waals surface area contributed by atoms with Gasteiger partial charge in [-0.3, -0.25) is 10.1 Å². The highest BCUT2D eigenvalue weighted by atomic mass is 35.5. The molecule has 3 N–H and O–H groups in total. The van der Waals surface area contributed by atoms with Crippen LogP contribution in [0, 0.1) is 11.8 Å². The molecule has 4 rings (SSSR count). The summed E-state index contributed by atoms with van der Waals surface area (Å²) >= 11 is 1.32. The molecule has 0 spiro atoms. The Morgan fingerprint density at radius 3 is 2.38 bits per heavy atom. The lowest BCUT2D eigenvalue weighted by molar-refractivity contribution is 0.0786. The standard InChI is InChI=1S/C18H20N4O2S.ClH/c23-17(22-10-12-8-19-9-13(12)11-22)15-6-7-16(25-15)21-18(24)20-14-4-2-1-3-5-14;/h1-7,12-13,19H,8-11H2,(H2,20,21,24);1H/t12-,13+;. The van der Waals surface area contributed by atoms with Crippen molar-refractivity contribution in [3.05, 3.63) is 47.3 Å². The highest BCUT2D eigenvalue weighted by molar-refractivity contribution is 7.18. The summed E-state index contributed by atoms with van der Waals surface area (Å²) in [6.45, 7) is 3.66. The summed E-state index contributed by atoms with van der Waals surface area (Å²) in [5, 5.41) is 9.59. The highest BCUT2D eigenvalue weighted by Crippen LogP contribution is 2.30. The van der Waals surface area contributed by atoms with Crippen LogP contribution in [-0.4, -0.2) is 43.0 Å². The lowest BCUT2D eigenvalue weighted by Crippen LogP contribution is -2.31. The Labute approximate surface area is 162 Å². The van der Waals surface area contributed by atoms with Gasteiger partial charge in [0.25, 0.3) is 5.91 Å². The molecule has 2 saturated heterocycles. The number of nitrogens with zero attached hydrogens (tertiary/aromatic N) is 1. The second kappa shape index (κ2) is 8.07. The van der Waals surface area contributed by atoms with Crippen LogP contribution in [0.25, 0.3) is 0 Å². The molecule has 0 radical (unpaired) electrons. The number of carbonyl (C=O) groups excluding carboxylic acids is 2. The third-order valence-electron chi connectivity index (χ3n) is 4.76. The Hall–Kier alpha value is -2.09. The number of urea groups is 1. The fourth-order valence-corrected chi connectivity index (χ4v) is 4.36. The van der Waals surface area contributed by atoms with Crippen molar-refractivity contribution in [2.75, 3.05) is 36.8 Å². The van der Waals surface area contributed by atoms with Crippen molar-refractivity contribution in [3.63, 3.8) is 0 Å². The molecule has 2 aliphatic heterocycles. The van der Waals surface area contributed by atoms with E-state index in [2.05, 4.69) is 16.0 Å². The summed E-state index contributed by atoms with van der Waals surface area (Å²) in [5.41, 5.74) is 0.727. The topological polar surface area (TPSA) is 73.5 Å². The summed E-state index contributed by atoms with van der Waals surface area (Å²) in [5.74, 6) is 1.23. The van der Waals surface area contributed by atoms with Crippen LogP contribution in [0.4, 0.5) is 15.5 Å². The molecule has 3 heterocycles. The molecule has 26 heavy (non-hydrogen) atoms. The van der Waals surface area contributed by atoms with Crippen LogP contribution in [-0.2, 0) is 0 Å². The number of likely N-dealkylation sites (tertiary alicyclic amines) is 1. The number of halogens is 1. The first-order chi connectivity index (χ1) is 12.2. The lowest BCUT2D eigenvalue weighted by atomic mass is 10.0. The van der Waals surface area contributed by atoms with Crippen LogP contribution in [0.2, 0.25) is 0 Å². The quantitative estimate of drug-likeness (QED) is 0.751. The largest absolute Gasteiger partial charge is 0.337 e. The van der Waals surface area contributed by atoms with Gasteiger partial charge < -0.3 is 15.5 Å². The smallest absolute Gasteiger partial charge is 0.324 e. The first-order valence-corrected chi connectivity index (χ1v) is 9.23. The maximum Gasteiger partial charge on any atom is 0.324 e. The average Bonchev–Trinajstić information content (AvgIpc) is 3.30. The number of carbonyl (C=O) groups is 2. The Kier molecular flexibility index (Phi) is 5.80. The molecule has 138 valence electrons. The van der Waals surface area contributed by atoms with Gasteiger partial charge in [-0.05, 0) is 36.1 Å². The van der Waals surface area contributed by atoms with Crippen LogP contribution in [0.3, 0.4) is 0 Å². The van der Waals surface area contributed by atoms with Crippen molar-refractivity contribution in [2.45, 2.75) is 0 Å². The van der Waals surface area contributed by atoms with E-state index >= 15 is 0 Å². The van der Waals surface area contributed by atoms with Crippen LogP contribution in [0.5, 0.6) is 0 Å². The maximum atomic E-state index is 12.7. The molecule has 6 nitrogen and oxygen atoms in total. The minimum atomic E-state index is -0.311. The first kappa shape index (κ1) is 18.7. The molecule has 1 aromatic carbocycles. The molecular formula is C18H21ClN4O2S. The molecule has 2 atom stereocenters. The van der Waals surface area contributed by atoms with E-state index in [4.69, 9.17) is 0 Å². The van der Waals surface area contributed by atoms with Crippen LogP contribution < -0.4 is 16.0 Å². The number of para-hydroxylation sites is 1. The zero-order valence-corrected chi connectivity index (χ0v) is 15.7. The summed E-state index contributed by atoms with van der Waals surface area (Å²) in [4.78, 5) is 27.3. The third-order valence-corrected chi connectivity index (χ3v) is 5.75. The number of rotatable bonds is 3. The minimum Gasteiger partial charge on any atom is -0.337 e. The molecule has 2 aromatic rings. The summed E-state index contributed by atoms with van der Waals surface area (Å²) in [6, 6.07) is 12.5. The zero-order valence-electron chi connectivity index (χ0n) is 14.1. The summed E-state index contributed by atoms with van der Waals surface area (Å²) in [7, 11) is 0. The molecule has 2 fully saturated rings. The zero-order chi connectivity index (χ0) is 17.2. The number of hydrogen-bond acceptors (Lipinski definition) is 4. The van der Waals surface area contributed by atoms with Gasteiger partial charge in [0, 0.05) is 31.9 Å². The third kappa shape index (κ3) is 4.00. The van der Waals surface area contributed by atoms with Gasteiger partial charge in [-0.25, -0.2) is 4.79 Å². The number of thiophene rings is 1. The molecular weight excluding hydrogens is 372 g/mol. The molecule has 0 aliphatic carbocycles. The van der Waals surface area contributed by atoms with Gasteiger partial charge in [-0.15, -0.1) is 23.7 Å². The van der Waals surface area contributed by atoms with Crippen LogP contribution >= 0.6 is 23.7 Å². The highest BCUT2D eigenvalue weighted by Gasteiger charge is 2.38. The monoisotopic (exact) mass is 392 g/mol. The number of nitrogens with one attached hydrogen (secondary N) is 3. The van der Waals surface area contributed by atoms with Crippen molar-refractivity contribution in [1.29, 1.82) is 0 Å². The van der Waals surface area contributed by atoms with Crippen molar-refractivity contribution in [2.24, 2.45) is 11.8 Å². The second-order valence-electron chi connectivity index (χ2n) is 6.50. The number of fused-ring (bicyclic) bond motifs is 1. The predicted octanol–water partition coefficient (Wildman–Crippen LogP) is 3.11. The van der Waals surface area contributed by atoms with Crippen LogP contribution in [0.15, 0.2) is 42.5 Å². The van der Waals surface area contributed by atoms with E-state index in [-0.39, 0.29) is 24.3 Å². The van der Waals surface area contributed by atoms with Crippen LogP contribution in [0.1, 0.15) is 9.67 Å². The number of anilines is 2. The molecule has 0 bridgehead atoms. The molecule has 0 unspecified atom stereocenters. The van der Waals surface area contributed by atoms with Gasteiger partial charge in [0.05, 0.1) is 9.88 Å². The van der Waals surface area contributed by atoms with E-state index in [1.165, 1.54) is 11.3 Å². The Morgan fingerprint density at radius 2 is 1.69 bits per heavy atom. The van der Waals surface area contributed by atoms with E-state index in [1.54, 1.807) is 12.1 Å². The Morgan fingerprint density at radius 1 is 1.00 bits per heavy atom. The van der Waals surface area contributed by atoms with E-state index < -0.39 is 0 Å². The fraction of sp³-hybridized carbons (Fsp3) is 0.333. The Bertz CT molecular complexity index is 771. The van der Waals surface area contributed by atoms with Crippen molar-refractivity contribution >= 4 is 46.4 Å². The van der Waals surface area contributed by atoms with Gasteiger partial charge in [0.15, 0.2) is 0 Å². The molecule has 0 saturated carbocycles. The molecule has 8 heteroatoms. The van der Waals surface area contributed by atoms with Gasteiger partial charge in [-0.2, -0.15) is 0 Å². The second-order valence-corrected chi connectivity index (χ2v) is 7.58. The number of amides is 3. The normalized spacial score (nSPS) is 21.0. The van der Waals surface area contributed by atoms with Gasteiger partial charge >= 0.3 is 6.03 Å². The number of hydrogen-bond donors (Lipinski definition) is 3. The predicted molar refractivity (Wildman–Crippen MR) is 106 cm³/mol. The average molecular weight is 393 g/mol. The molecule has 1 aromatic heterocycles. The van der Waals surface area contributed by atoms with E-state index in [9.17, 15) is 9.59 Å². The van der Waals surface area contributed by atoms with E-state index in [0.717, 1.165) is 31.9 Å². The Balaban J connectivity index is 0.00000196. The van der Waals surface area contributed by atoms with E-state index in [1.807, 2.05) is 35.2 Å². The fourth-order valence-electron chi connectivity index (χ4n) is 3.49. The van der Waals surface area contributed by atoms with Crippen molar-refractivity contribution < 1.29 is 9.59 Å². The van der Waals surface area contributed by atoms with Gasteiger partial charge in [0.1, 0.15) is 0 Å². The summed E-state index contributed by atoms with van der Waals surface area (Å²) < 4.78 is 0. The van der Waals surface area contributed by atoms with Gasteiger partial charge in [-0.1, -0.05) is 18.2 Å². The van der Waals surface area contributed by atoms with E-state index in [0.29, 0.717) is 21.7 Å². The number of benzene rings is 1. The first-order valence-electron chi connectivity index (χ1n) is 8.42. The van der Waals surface area contributed by atoms with Crippen molar-refractivity contribution in [3.8, 4) is 0 Å². The maximum absolute atomic E-state index is 12.7.